The Labute approximate surface area is 381 Å². The molecule has 0 rings (SSSR count). The summed E-state index contributed by atoms with van der Waals surface area (Å²) in [5.41, 5.74) is 0. The van der Waals surface area contributed by atoms with E-state index >= 15 is 0 Å². The maximum Gasteiger partial charge on any atom is 0.306 e. The lowest BCUT2D eigenvalue weighted by atomic mass is 10.1. The molecule has 8 nitrogen and oxygen atoms in total. The van der Waals surface area contributed by atoms with Gasteiger partial charge in [0.1, 0.15) is 12.6 Å². The number of carboxylic acids is 1. The third-order valence-electron chi connectivity index (χ3n) is 11.1. The van der Waals surface area contributed by atoms with Crippen molar-refractivity contribution in [2.45, 2.75) is 225 Å². The lowest BCUT2D eigenvalue weighted by molar-refractivity contribution is -0.889. The van der Waals surface area contributed by atoms with Gasteiger partial charge in [-0.15, -0.1) is 0 Å². The predicted molar refractivity (Wildman–Crippen MR) is 259 cm³/mol. The van der Waals surface area contributed by atoms with Crippen molar-refractivity contribution < 1.29 is 38.2 Å². The number of likely N-dealkylation sites (N-methyl/N-ethyl adjacent to an activating group) is 1. The Bertz CT molecular complexity index is 1200. The Hall–Kier alpha value is -2.97. The number of ether oxygens (including phenoxy) is 3. The van der Waals surface area contributed by atoms with Crippen LogP contribution in [0.3, 0.4) is 0 Å². The molecule has 0 aromatic carbocycles. The highest BCUT2D eigenvalue weighted by Gasteiger charge is 2.25. The van der Waals surface area contributed by atoms with Crippen molar-refractivity contribution in [3.63, 3.8) is 0 Å². The van der Waals surface area contributed by atoms with Gasteiger partial charge in [0.15, 0.2) is 6.10 Å². The minimum atomic E-state index is -1.13. The average Bonchev–Trinajstić information content (AvgIpc) is 3.23. The first-order chi connectivity index (χ1) is 30.1. The Morgan fingerprint density at radius 2 is 0.855 bits per heavy atom. The van der Waals surface area contributed by atoms with Crippen LogP contribution in [0, 0.1) is 0 Å². The predicted octanol–water partition coefficient (Wildman–Crippen LogP) is 13.2. The molecule has 0 N–H and O–H groups in total. The molecule has 0 aliphatic carbocycles. The summed E-state index contributed by atoms with van der Waals surface area (Å²) >= 11 is 0. The number of hydrogen-bond donors (Lipinski definition) is 0. The highest BCUT2D eigenvalue weighted by molar-refractivity contribution is 5.70. The number of nitrogens with zero attached hydrogens (tertiary/aromatic N) is 1. The van der Waals surface area contributed by atoms with E-state index in [9.17, 15) is 19.5 Å². The van der Waals surface area contributed by atoms with Crippen LogP contribution in [0.15, 0.2) is 60.8 Å². The Kier molecular flexibility index (Phi) is 42.5. The molecule has 2 atom stereocenters. The van der Waals surface area contributed by atoms with E-state index in [2.05, 4.69) is 74.6 Å². The molecule has 0 saturated heterocycles. The van der Waals surface area contributed by atoms with Crippen LogP contribution in [-0.2, 0) is 28.6 Å². The molecule has 0 aromatic rings. The van der Waals surface area contributed by atoms with E-state index in [1.807, 2.05) is 0 Å². The van der Waals surface area contributed by atoms with E-state index in [1.165, 1.54) is 103 Å². The zero-order chi connectivity index (χ0) is 45.6. The standard InChI is InChI=1S/C54H95NO7/c1-6-8-10-12-14-16-18-20-22-24-25-26-27-29-30-32-34-36-38-40-42-44-52(56)61-49-50(48-60-47-46-51(54(58)59)55(3,4)5)62-53(57)45-43-41-39-37-35-33-31-28-23-21-19-17-15-13-11-9-7-2/h14,16,20-23,25-26,29-30,50-51H,6-13,15,17-19,24,27-28,31-49H2,1-5H3/b16-14+,22-20+,23-21+,26-25+,30-29+. The SMILES string of the molecule is CCCCC/C=C/C/C=C/C/C=C/C/C=C/CCCCCCCC(=O)OCC(COCCC(C(=O)[O-])[N+](C)(C)C)OC(=O)CCCCCCCCC/C=C/CCCCCCCC. The first kappa shape index (κ1) is 59.0. The van der Waals surface area contributed by atoms with Gasteiger partial charge in [0.25, 0.3) is 0 Å². The summed E-state index contributed by atoms with van der Waals surface area (Å²) < 4.78 is 17.2. The van der Waals surface area contributed by atoms with Crippen molar-refractivity contribution in [3.8, 4) is 0 Å². The molecule has 358 valence electrons. The minimum Gasteiger partial charge on any atom is -0.544 e. The normalized spacial score (nSPS) is 13.4. The van der Waals surface area contributed by atoms with Gasteiger partial charge in [-0.2, -0.15) is 0 Å². The van der Waals surface area contributed by atoms with Crippen LogP contribution < -0.4 is 5.11 Å². The van der Waals surface area contributed by atoms with Crippen LogP contribution in [0.2, 0.25) is 0 Å². The second kappa shape index (κ2) is 44.6. The Morgan fingerprint density at radius 3 is 1.31 bits per heavy atom. The van der Waals surface area contributed by atoms with Crippen LogP contribution in [0.4, 0.5) is 0 Å². The summed E-state index contributed by atoms with van der Waals surface area (Å²) in [6.07, 6.45) is 55.3. The fourth-order valence-electron chi connectivity index (χ4n) is 7.17. The van der Waals surface area contributed by atoms with Crippen molar-refractivity contribution in [2.24, 2.45) is 0 Å². The highest BCUT2D eigenvalue weighted by atomic mass is 16.6. The first-order valence-electron chi connectivity index (χ1n) is 25.3. The number of hydrogen-bond acceptors (Lipinski definition) is 7. The lowest BCUT2D eigenvalue weighted by Gasteiger charge is -2.34. The lowest BCUT2D eigenvalue weighted by Crippen LogP contribution is -2.55. The van der Waals surface area contributed by atoms with Crippen LogP contribution in [0.5, 0.6) is 0 Å². The molecular formula is C54H95NO7. The minimum absolute atomic E-state index is 0.0314. The topological polar surface area (TPSA) is 102 Å². The fraction of sp³-hybridized carbons (Fsp3) is 0.759. The van der Waals surface area contributed by atoms with Crippen molar-refractivity contribution in [3.05, 3.63) is 60.8 Å². The molecule has 0 aromatic heterocycles. The summed E-state index contributed by atoms with van der Waals surface area (Å²) in [7, 11) is 5.40. The third-order valence-corrected chi connectivity index (χ3v) is 11.1. The van der Waals surface area contributed by atoms with Gasteiger partial charge in [0.05, 0.1) is 40.3 Å². The highest BCUT2D eigenvalue weighted by Crippen LogP contribution is 2.14. The molecule has 0 radical (unpaired) electrons. The zero-order valence-electron chi connectivity index (χ0n) is 40.8. The van der Waals surface area contributed by atoms with Gasteiger partial charge in [-0.1, -0.05) is 171 Å². The molecule has 0 amide bonds. The number of quaternary nitrogens is 1. The molecule has 8 heteroatoms. The van der Waals surface area contributed by atoms with Gasteiger partial charge in [0, 0.05) is 19.3 Å². The average molecular weight is 870 g/mol. The Balaban J connectivity index is 4.31. The summed E-state index contributed by atoms with van der Waals surface area (Å²) in [6, 6.07) is -0.732. The molecule has 0 saturated carbocycles. The van der Waals surface area contributed by atoms with Crippen molar-refractivity contribution in [2.75, 3.05) is 41.0 Å². The van der Waals surface area contributed by atoms with E-state index in [-0.39, 0.29) is 42.7 Å². The number of allylic oxidation sites excluding steroid dienone is 10. The molecule has 62 heavy (non-hydrogen) atoms. The molecule has 0 aliphatic rings. The monoisotopic (exact) mass is 870 g/mol. The largest absolute Gasteiger partial charge is 0.544 e. The van der Waals surface area contributed by atoms with Gasteiger partial charge in [0.2, 0.25) is 0 Å². The summed E-state index contributed by atoms with van der Waals surface area (Å²) in [6.45, 7) is 4.62. The van der Waals surface area contributed by atoms with Crippen molar-refractivity contribution >= 4 is 17.9 Å². The quantitative estimate of drug-likeness (QED) is 0.0260. The molecule has 0 bridgehead atoms. The van der Waals surface area contributed by atoms with Crippen LogP contribution in [0.1, 0.15) is 213 Å². The van der Waals surface area contributed by atoms with Crippen molar-refractivity contribution in [1.82, 2.24) is 0 Å². The van der Waals surface area contributed by atoms with Gasteiger partial charge in [-0.25, -0.2) is 0 Å². The number of unbranched alkanes of at least 4 members (excludes halogenated alkanes) is 21. The van der Waals surface area contributed by atoms with Crippen LogP contribution >= 0.6 is 0 Å². The van der Waals surface area contributed by atoms with Gasteiger partial charge < -0.3 is 28.6 Å². The maximum absolute atomic E-state index is 12.8. The first-order valence-corrected chi connectivity index (χ1v) is 25.3. The number of rotatable bonds is 45. The van der Waals surface area contributed by atoms with E-state index in [4.69, 9.17) is 14.2 Å². The van der Waals surface area contributed by atoms with Crippen LogP contribution in [0.25, 0.3) is 0 Å². The summed E-state index contributed by atoms with van der Waals surface area (Å²) in [4.78, 5) is 37.0. The number of carbonyl (C=O) groups excluding carboxylic acids is 3. The van der Waals surface area contributed by atoms with Crippen molar-refractivity contribution in [1.29, 1.82) is 0 Å². The number of aliphatic carboxylic acids is 1. The summed E-state index contributed by atoms with van der Waals surface area (Å²) in [5, 5.41) is 11.7. The second-order valence-corrected chi connectivity index (χ2v) is 18.0. The number of esters is 2. The molecule has 0 heterocycles. The molecule has 0 aliphatic heterocycles. The van der Waals surface area contributed by atoms with E-state index in [0.29, 0.717) is 12.8 Å². The second-order valence-electron chi connectivity index (χ2n) is 18.0. The Morgan fingerprint density at radius 1 is 0.484 bits per heavy atom. The van der Waals surface area contributed by atoms with Gasteiger partial charge >= 0.3 is 11.9 Å². The van der Waals surface area contributed by atoms with Gasteiger partial charge in [-0.05, 0) is 83.5 Å². The molecule has 2 unspecified atom stereocenters. The van der Waals surface area contributed by atoms with Crippen LogP contribution in [-0.4, -0.2) is 75.5 Å². The molecular weight excluding hydrogens is 775 g/mol. The molecule has 0 fully saturated rings. The van der Waals surface area contributed by atoms with E-state index < -0.39 is 18.1 Å². The fourth-order valence-corrected chi connectivity index (χ4v) is 7.17. The maximum atomic E-state index is 12.8. The smallest absolute Gasteiger partial charge is 0.306 e. The number of carboxylic acid groups (broad SMARTS) is 1. The van der Waals surface area contributed by atoms with Gasteiger partial charge in [-0.3, -0.25) is 9.59 Å². The molecule has 0 spiro atoms. The summed E-state index contributed by atoms with van der Waals surface area (Å²) in [5.74, 6) is -1.76. The zero-order valence-corrected chi connectivity index (χ0v) is 40.8. The third kappa shape index (κ3) is 42.3. The number of carbonyl (C=O) groups is 3. The van der Waals surface area contributed by atoms with E-state index in [0.717, 1.165) is 77.0 Å². The van der Waals surface area contributed by atoms with E-state index in [1.54, 1.807) is 21.1 Å².